The topological polar surface area (TPSA) is 60.2 Å². The first kappa shape index (κ1) is 21.7. The van der Waals surface area contributed by atoms with E-state index in [0.717, 1.165) is 45.7 Å². The molecule has 4 aromatic rings. The quantitative estimate of drug-likeness (QED) is 0.371. The second-order valence-corrected chi connectivity index (χ2v) is 7.63. The fourth-order valence-corrected chi connectivity index (χ4v) is 4.01. The number of aryl methyl sites for hydroxylation is 2. The third-order valence-electron chi connectivity index (χ3n) is 5.57. The van der Waals surface area contributed by atoms with Gasteiger partial charge in [0, 0.05) is 24.6 Å². The molecule has 2 aromatic heterocycles. The molecular weight excluding hydrogens is 400 g/mol. The summed E-state index contributed by atoms with van der Waals surface area (Å²) < 4.78 is 7.69. The van der Waals surface area contributed by atoms with E-state index in [1.54, 1.807) is 17.3 Å². The summed E-state index contributed by atoms with van der Waals surface area (Å²) in [7, 11) is 0. The molecule has 0 aliphatic heterocycles. The lowest BCUT2D eigenvalue weighted by Gasteiger charge is -2.27. The summed E-state index contributed by atoms with van der Waals surface area (Å²) in [4.78, 5) is 24.6. The number of imidazole rings is 1. The van der Waals surface area contributed by atoms with Gasteiger partial charge in [0.1, 0.15) is 19.1 Å². The van der Waals surface area contributed by atoms with Crippen LogP contribution in [0.25, 0.3) is 22.4 Å². The number of ether oxygens (including phenoxy) is 1. The Hall–Kier alpha value is -3.51. The second-order valence-electron chi connectivity index (χ2n) is 7.63. The van der Waals surface area contributed by atoms with Gasteiger partial charge in [-0.05, 0) is 55.7 Å². The van der Waals surface area contributed by atoms with Gasteiger partial charge >= 0.3 is 0 Å². The molecule has 0 N–H and O–H groups in total. The van der Waals surface area contributed by atoms with Crippen molar-refractivity contribution in [1.82, 2.24) is 14.5 Å². The number of anilines is 1. The van der Waals surface area contributed by atoms with Gasteiger partial charge in [0.15, 0.2) is 0 Å². The second kappa shape index (κ2) is 9.75. The first-order chi connectivity index (χ1) is 15.6. The maximum atomic E-state index is 13.7. The van der Waals surface area contributed by atoms with Crippen LogP contribution in [0.2, 0.25) is 0 Å². The highest BCUT2D eigenvalue weighted by Crippen LogP contribution is 2.28. The number of amides is 1. The third kappa shape index (κ3) is 4.27. The van der Waals surface area contributed by atoms with Crippen LogP contribution in [0.3, 0.4) is 0 Å². The van der Waals surface area contributed by atoms with Gasteiger partial charge in [0.2, 0.25) is 5.91 Å². The first-order valence-corrected chi connectivity index (χ1v) is 11.0. The van der Waals surface area contributed by atoms with E-state index in [0.29, 0.717) is 6.61 Å². The van der Waals surface area contributed by atoms with Crippen LogP contribution in [-0.2, 0) is 22.5 Å². The highest BCUT2D eigenvalue weighted by Gasteiger charge is 2.23. The van der Waals surface area contributed by atoms with Crippen molar-refractivity contribution in [3.63, 3.8) is 0 Å². The highest BCUT2D eigenvalue weighted by atomic mass is 16.5. The Morgan fingerprint density at radius 3 is 2.66 bits per heavy atom. The molecule has 0 aliphatic carbocycles. The van der Waals surface area contributed by atoms with E-state index in [9.17, 15) is 4.79 Å². The number of fused-ring (bicyclic) bond motifs is 1. The van der Waals surface area contributed by atoms with Gasteiger partial charge in [-0.25, -0.2) is 4.98 Å². The normalized spacial score (nSPS) is 11.1. The van der Waals surface area contributed by atoms with Gasteiger partial charge in [0.05, 0.1) is 16.7 Å². The Labute approximate surface area is 188 Å². The molecule has 2 heterocycles. The minimum absolute atomic E-state index is 0.0456. The SMILES string of the molecule is CCOCN(C(=O)Cn1c(-c2cccnc2)nc2ccccc21)c1c(C)cccc1CC. The fourth-order valence-electron chi connectivity index (χ4n) is 4.01. The number of hydrogen-bond donors (Lipinski definition) is 0. The summed E-state index contributed by atoms with van der Waals surface area (Å²) in [6.45, 7) is 6.97. The molecule has 0 saturated heterocycles. The van der Waals surface area contributed by atoms with E-state index < -0.39 is 0 Å². The van der Waals surface area contributed by atoms with Gasteiger partial charge in [0.25, 0.3) is 0 Å². The predicted molar refractivity (Wildman–Crippen MR) is 128 cm³/mol. The van der Waals surface area contributed by atoms with Gasteiger partial charge in [-0.15, -0.1) is 0 Å². The number of rotatable bonds is 8. The number of aromatic nitrogens is 3. The summed E-state index contributed by atoms with van der Waals surface area (Å²) >= 11 is 0. The molecule has 0 unspecified atom stereocenters. The smallest absolute Gasteiger partial charge is 0.248 e. The molecule has 164 valence electrons. The lowest BCUT2D eigenvalue weighted by atomic mass is 10.0. The molecule has 0 radical (unpaired) electrons. The monoisotopic (exact) mass is 428 g/mol. The lowest BCUT2D eigenvalue weighted by Crippen LogP contribution is -2.37. The van der Waals surface area contributed by atoms with Crippen LogP contribution in [0.15, 0.2) is 67.0 Å². The molecule has 0 fully saturated rings. The Morgan fingerprint density at radius 1 is 1.06 bits per heavy atom. The van der Waals surface area contributed by atoms with Gasteiger partial charge in [-0.2, -0.15) is 0 Å². The predicted octanol–water partition coefficient (Wildman–Crippen LogP) is 5.00. The number of para-hydroxylation sites is 3. The van der Waals surface area contributed by atoms with E-state index in [1.165, 1.54) is 0 Å². The minimum atomic E-state index is -0.0456. The van der Waals surface area contributed by atoms with Crippen molar-refractivity contribution in [3.05, 3.63) is 78.1 Å². The van der Waals surface area contributed by atoms with Gasteiger partial charge in [-0.1, -0.05) is 37.3 Å². The Morgan fingerprint density at radius 2 is 1.91 bits per heavy atom. The molecule has 6 nitrogen and oxygen atoms in total. The zero-order valence-electron chi connectivity index (χ0n) is 18.8. The van der Waals surface area contributed by atoms with Crippen LogP contribution in [0.4, 0.5) is 5.69 Å². The van der Waals surface area contributed by atoms with E-state index in [2.05, 4.69) is 18.0 Å². The van der Waals surface area contributed by atoms with Gasteiger partial charge in [-0.3, -0.25) is 14.7 Å². The summed E-state index contributed by atoms with van der Waals surface area (Å²) in [6, 6.07) is 17.9. The molecule has 0 spiro atoms. The lowest BCUT2D eigenvalue weighted by molar-refractivity contribution is -0.120. The van der Waals surface area contributed by atoms with Crippen molar-refractivity contribution >= 4 is 22.6 Å². The number of hydrogen-bond acceptors (Lipinski definition) is 4. The zero-order valence-corrected chi connectivity index (χ0v) is 18.8. The molecule has 0 aliphatic rings. The van der Waals surface area contributed by atoms with E-state index in [-0.39, 0.29) is 19.2 Å². The van der Waals surface area contributed by atoms with Crippen molar-refractivity contribution in [2.45, 2.75) is 33.7 Å². The maximum Gasteiger partial charge on any atom is 0.248 e. The Balaban J connectivity index is 1.78. The van der Waals surface area contributed by atoms with Crippen LogP contribution in [-0.4, -0.2) is 33.8 Å². The molecular formula is C26H28N4O2. The van der Waals surface area contributed by atoms with Crippen molar-refractivity contribution < 1.29 is 9.53 Å². The summed E-state index contributed by atoms with van der Waals surface area (Å²) in [6.07, 6.45) is 4.34. The minimum Gasteiger partial charge on any atom is -0.361 e. The molecule has 1 amide bonds. The van der Waals surface area contributed by atoms with E-state index >= 15 is 0 Å². The maximum absolute atomic E-state index is 13.7. The van der Waals surface area contributed by atoms with Crippen LogP contribution in [0, 0.1) is 6.92 Å². The largest absolute Gasteiger partial charge is 0.361 e. The number of carbonyl (C=O) groups excluding carboxylic acids is 1. The van der Waals surface area contributed by atoms with Crippen molar-refractivity contribution in [1.29, 1.82) is 0 Å². The Bertz CT molecular complexity index is 1220. The molecule has 32 heavy (non-hydrogen) atoms. The van der Waals surface area contributed by atoms with Gasteiger partial charge < -0.3 is 9.30 Å². The molecule has 4 rings (SSSR count). The van der Waals surface area contributed by atoms with Crippen molar-refractivity contribution in [3.8, 4) is 11.4 Å². The van der Waals surface area contributed by atoms with Crippen molar-refractivity contribution in [2.75, 3.05) is 18.2 Å². The van der Waals surface area contributed by atoms with Crippen LogP contribution < -0.4 is 4.90 Å². The molecule has 2 aromatic carbocycles. The molecule has 6 heteroatoms. The van der Waals surface area contributed by atoms with E-state index in [4.69, 9.17) is 9.72 Å². The van der Waals surface area contributed by atoms with Crippen molar-refractivity contribution in [2.24, 2.45) is 0 Å². The number of pyridine rings is 1. The average molecular weight is 429 g/mol. The zero-order chi connectivity index (χ0) is 22.5. The van der Waals surface area contributed by atoms with E-state index in [1.807, 2.05) is 66.9 Å². The third-order valence-corrected chi connectivity index (χ3v) is 5.57. The molecule has 0 saturated carbocycles. The van der Waals surface area contributed by atoms with Crippen LogP contribution in [0.1, 0.15) is 25.0 Å². The fraction of sp³-hybridized carbons (Fsp3) is 0.269. The standard InChI is InChI=1S/C26H28N4O2/c1-4-20-11-8-10-19(3)25(20)30(18-32-5-2)24(31)17-29-23-14-7-6-13-22(23)28-26(29)21-12-9-15-27-16-21/h6-16H,4-5,17-18H2,1-3H3. The number of nitrogens with zero attached hydrogens (tertiary/aromatic N) is 4. The van der Waals surface area contributed by atoms with Crippen LogP contribution in [0.5, 0.6) is 0 Å². The molecule has 0 bridgehead atoms. The summed E-state index contributed by atoms with van der Waals surface area (Å²) in [5, 5.41) is 0. The summed E-state index contributed by atoms with van der Waals surface area (Å²) in [5.74, 6) is 0.681. The highest BCUT2D eigenvalue weighted by molar-refractivity contribution is 5.96. The number of carbonyl (C=O) groups is 1. The van der Waals surface area contributed by atoms with Crippen LogP contribution >= 0.6 is 0 Å². The Kier molecular flexibility index (Phi) is 6.61. The summed E-state index contributed by atoms with van der Waals surface area (Å²) in [5.41, 5.74) is 5.75. The number of benzene rings is 2. The first-order valence-electron chi connectivity index (χ1n) is 11.0. The molecule has 0 atom stereocenters. The average Bonchev–Trinajstić information content (AvgIpc) is 3.19.